The summed E-state index contributed by atoms with van der Waals surface area (Å²) >= 11 is 5.87. The number of aromatic nitrogens is 1. The van der Waals surface area contributed by atoms with E-state index in [0.29, 0.717) is 13.2 Å². The molecular formula is C18H14ClNO. The van der Waals surface area contributed by atoms with E-state index < -0.39 is 0 Å². The van der Waals surface area contributed by atoms with Gasteiger partial charge < -0.3 is 9.30 Å². The van der Waals surface area contributed by atoms with Crippen molar-refractivity contribution in [3.63, 3.8) is 0 Å². The minimum absolute atomic E-state index is 0.522. The molecule has 0 fully saturated rings. The smallest absolute Gasteiger partial charge is 0.120 e. The lowest BCUT2D eigenvalue weighted by molar-refractivity contribution is 0.306. The number of fused-ring (bicyclic) bond motifs is 1. The van der Waals surface area contributed by atoms with Crippen molar-refractivity contribution in [3.8, 4) is 18.1 Å². The van der Waals surface area contributed by atoms with E-state index in [0.717, 1.165) is 27.2 Å². The van der Waals surface area contributed by atoms with Crippen LogP contribution in [0.1, 0.15) is 5.56 Å². The Morgan fingerprint density at radius 2 is 1.90 bits per heavy atom. The van der Waals surface area contributed by atoms with Crippen molar-refractivity contribution in [1.29, 1.82) is 0 Å². The van der Waals surface area contributed by atoms with Gasteiger partial charge in [-0.1, -0.05) is 29.7 Å². The lowest BCUT2D eigenvalue weighted by Crippen LogP contribution is -1.95. The van der Waals surface area contributed by atoms with Crippen molar-refractivity contribution in [3.05, 3.63) is 65.3 Å². The van der Waals surface area contributed by atoms with Crippen LogP contribution >= 0.6 is 11.6 Å². The number of ether oxygens (including phenoxy) is 1. The van der Waals surface area contributed by atoms with Crippen molar-refractivity contribution >= 4 is 22.5 Å². The highest BCUT2D eigenvalue weighted by molar-refractivity contribution is 6.30. The van der Waals surface area contributed by atoms with Gasteiger partial charge >= 0.3 is 0 Å². The van der Waals surface area contributed by atoms with Crippen molar-refractivity contribution in [2.75, 3.05) is 0 Å². The second-order valence-electron chi connectivity index (χ2n) is 4.78. The molecule has 2 aromatic carbocycles. The maximum Gasteiger partial charge on any atom is 0.120 e. The first kappa shape index (κ1) is 13.6. The minimum Gasteiger partial charge on any atom is -0.489 e. The Kier molecular flexibility index (Phi) is 3.85. The standard InChI is InChI=1S/C18H14ClNO/c1-2-10-20-11-9-15-12-17(7-8-18(15)20)21-13-14-3-5-16(19)6-4-14/h1,3-9,11-12H,10,13H2. The molecular weight excluding hydrogens is 282 g/mol. The van der Waals surface area contributed by atoms with E-state index in [2.05, 4.69) is 5.92 Å². The van der Waals surface area contributed by atoms with Crippen LogP contribution < -0.4 is 4.74 Å². The molecule has 0 atom stereocenters. The first-order valence-electron chi connectivity index (χ1n) is 6.66. The predicted molar refractivity (Wildman–Crippen MR) is 86.6 cm³/mol. The van der Waals surface area contributed by atoms with Crippen LogP contribution in [0.25, 0.3) is 10.9 Å². The summed E-state index contributed by atoms with van der Waals surface area (Å²) in [4.78, 5) is 0. The monoisotopic (exact) mass is 295 g/mol. The Labute approximate surface area is 128 Å². The third-order valence-corrected chi connectivity index (χ3v) is 3.57. The summed E-state index contributed by atoms with van der Waals surface area (Å²) in [6, 6.07) is 15.7. The van der Waals surface area contributed by atoms with Gasteiger partial charge in [0, 0.05) is 22.1 Å². The lowest BCUT2D eigenvalue weighted by Gasteiger charge is -2.07. The molecule has 3 aromatic rings. The second kappa shape index (κ2) is 5.95. The van der Waals surface area contributed by atoms with E-state index >= 15 is 0 Å². The number of nitrogens with zero attached hydrogens (tertiary/aromatic N) is 1. The molecule has 0 amide bonds. The van der Waals surface area contributed by atoms with E-state index in [1.54, 1.807) is 0 Å². The first-order valence-corrected chi connectivity index (χ1v) is 7.03. The van der Waals surface area contributed by atoms with Gasteiger partial charge in [-0.3, -0.25) is 0 Å². The summed E-state index contributed by atoms with van der Waals surface area (Å²) < 4.78 is 7.86. The Hall–Kier alpha value is -2.37. The van der Waals surface area contributed by atoms with Gasteiger partial charge in [-0.05, 0) is 42.0 Å². The van der Waals surface area contributed by atoms with Crippen LogP contribution in [0.4, 0.5) is 0 Å². The maximum atomic E-state index is 5.87. The average Bonchev–Trinajstić information content (AvgIpc) is 2.90. The van der Waals surface area contributed by atoms with Gasteiger partial charge in [0.2, 0.25) is 0 Å². The zero-order chi connectivity index (χ0) is 14.7. The van der Waals surface area contributed by atoms with Crippen LogP contribution in [0, 0.1) is 12.3 Å². The second-order valence-corrected chi connectivity index (χ2v) is 5.22. The summed E-state index contributed by atoms with van der Waals surface area (Å²) in [5.41, 5.74) is 2.20. The van der Waals surface area contributed by atoms with Gasteiger partial charge in [0.15, 0.2) is 0 Å². The number of halogens is 1. The maximum absolute atomic E-state index is 5.87. The summed E-state index contributed by atoms with van der Waals surface area (Å²) in [7, 11) is 0. The highest BCUT2D eigenvalue weighted by atomic mass is 35.5. The Bertz CT molecular complexity index is 796. The molecule has 0 radical (unpaired) electrons. The molecule has 0 N–H and O–H groups in total. The molecule has 0 bridgehead atoms. The third kappa shape index (κ3) is 3.04. The van der Waals surface area contributed by atoms with Crippen LogP contribution in [-0.4, -0.2) is 4.57 Å². The molecule has 0 aliphatic heterocycles. The SMILES string of the molecule is C#CCn1ccc2cc(OCc3ccc(Cl)cc3)ccc21. The molecule has 0 saturated heterocycles. The molecule has 104 valence electrons. The lowest BCUT2D eigenvalue weighted by atomic mass is 10.2. The van der Waals surface area contributed by atoms with E-state index in [4.69, 9.17) is 22.8 Å². The van der Waals surface area contributed by atoms with Crippen LogP contribution in [0.2, 0.25) is 5.02 Å². The fraction of sp³-hybridized carbons (Fsp3) is 0.111. The fourth-order valence-electron chi connectivity index (χ4n) is 2.25. The fourth-order valence-corrected chi connectivity index (χ4v) is 2.38. The van der Waals surface area contributed by atoms with Crippen molar-refractivity contribution in [1.82, 2.24) is 4.57 Å². The Balaban J connectivity index is 1.76. The molecule has 3 rings (SSSR count). The van der Waals surface area contributed by atoms with Gasteiger partial charge in [-0.2, -0.15) is 0 Å². The van der Waals surface area contributed by atoms with E-state index in [1.807, 2.05) is 59.3 Å². The molecule has 0 aliphatic rings. The van der Waals surface area contributed by atoms with Crippen LogP contribution in [0.3, 0.4) is 0 Å². The third-order valence-electron chi connectivity index (χ3n) is 3.32. The minimum atomic E-state index is 0.522. The zero-order valence-electron chi connectivity index (χ0n) is 11.4. The van der Waals surface area contributed by atoms with E-state index in [9.17, 15) is 0 Å². The van der Waals surface area contributed by atoms with Gasteiger partial charge in [-0.15, -0.1) is 6.42 Å². The van der Waals surface area contributed by atoms with Gasteiger partial charge in [-0.25, -0.2) is 0 Å². The van der Waals surface area contributed by atoms with Crippen molar-refractivity contribution in [2.24, 2.45) is 0 Å². The number of hydrogen-bond acceptors (Lipinski definition) is 1. The number of terminal acetylenes is 1. The molecule has 1 heterocycles. The molecule has 2 nitrogen and oxygen atoms in total. The summed E-state index contributed by atoms with van der Waals surface area (Å²) in [6.07, 6.45) is 7.35. The number of hydrogen-bond donors (Lipinski definition) is 0. The predicted octanol–water partition coefficient (Wildman–Crippen LogP) is 4.51. The molecule has 3 heteroatoms. The van der Waals surface area contributed by atoms with E-state index in [1.165, 1.54) is 0 Å². The van der Waals surface area contributed by atoms with E-state index in [-0.39, 0.29) is 0 Å². The van der Waals surface area contributed by atoms with Gasteiger partial charge in [0.05, 0.1) is 6.54 Å². The van der Waals surface area contributed by atoms with Crippen molar-refractivity contribution < 1.29 is 4.74 Å². The van der Waals surface area contributed by atoms with Gasteiger partial charge in [0.1, 0.15) is 12.4 Å². The quantitative estimate of drug-likeness (QED) is 0.646. The summed E-state index contributed by atoms with van der Waals surface area (Å²) in [5, 5.41) is 1.86. The molecule has 0 aliphatic carbocycles. The first-order chi connectivity index (χ1) is 10.3. The van der Waals surface area contributed by atoms with Crippen LogP contribution in [0.15, 0.2) is 54.7 Å². The zero-order valence-corrected chi connectivity index (χ0v) is 12.2. The van der Waals surface area contributed by atoms with Crippen LogP contribution in [0.5, 0.6) is 5.75 Å². The summed E-state index contributed by atoms with van der Waals surface area (Å²) in [6.45, 7) is 1.10. The summed E-state index contributed by atoms with van der Waals surface area (Å²) in [5.74, 6) is 3.49. The van der Waals surface area contributed by atoms with Crippen molar-refractivity contribution in [2.45, 2.75) is 13.2 Å². The molecule has 0 saturated carbocycles. The highest BCUT2D eigenvalue weighted by Crippen LogP contribution is 2.23. The highest BCUT2D eigenvalue weighted by Gasteiger charge is 2.02. The number of benzene rings is 2. The Morgan fingerprint density at radius 3 is 2.67 bits per heavy atom. The largest absolute Gasteiger partial charge is 0.489 e. The topological polar surface area (TPSA) is 14.2 Å². The van der Waals surface area contributed by atoms with Crippen LogP contribution in [-0.2, 0) is 13.2 Å². The number of rotatable bonds is 4. The average molecular weight is 296 g/mol. The normalized spacial score (nSPS) is 10.5. The molecule has 0 spiro atoms. The molecule has 0 unspecified atom stereocenters. The molecule has 21 heavy (non-hydrogen) atoms. The Morgan fingerprint density at radius 1 is 1.10 bits per heavy atom. The van der Waals surface area contributed by atoms with Gasteiger partial charge in [0.25, 0.3) is 0 Å². The molecule has 1 aromatic heterocycles.